The summed E-state index contributed by atoms with van der Waals surface area (Å²) in [5.41, 5.74) is 0.408. The summed E-state index contributed by atoms with van der Waals surface area (Å²) in [5.74, 6) is -0.226. The summed E-state index contributed by atoms with van der Waals surface area (Å²) < 4.78 is 4.65. The second kappa shape index (κ2) is 6.19. The van der Waals surface area contributed by atoms with Gasteiger partial charge < -0.3 is 14.7 Å². The maximum atomic E-state index is 12.6. The number of halogens is 1. The summed E-state index contributed by atoms with van der Waals surface area (Å²) in [5, 5.41) is 6.58. The van der Waals surface area contributed by atoms with Crippen molar-refractivity contribution < 1.29 is 14.1 Å². The van der Waals surface area contributed by atoms with E-state index in [0.29, 0.717) is 16.4 Å². The highest BCUT2D eigenvalue weighted by Crippen LogP contribution is 2.29. The lowest BCUT2D eigenvalue weighted by Gasteiger charge is -2.22. The molecule has 22 heavy (non-hydrogen) atoms. The Kier molecular flexibility index (Phi) is 4.11. The molecule has 0 unspecified atom stereocenters. The lowest BCUT2D eigenvalue weighted by Crippen LogP contribution is -2.39. The number of carbonyl (C=O) groups is 2. The van der Waals surface area contributed by atoms with Crippen molar-refractivity contribution in [2.75, 3.05) is 11.9 Å². The number of aromatic nitrogens is 1. The van der Waals surface area contributed by atoms with Crippen LogP contribution in [0.15, 0.2) is 41.1 Å². The van der Waals surface area contributed by atoms with E-state index >= 15 is 0 Å². The Hall–Kier alpha value is -2.34. The average molecular weight is 320 g/mol. The van der Waals surface area contributed by atoms with Crippen molar-refractivity contribution in [2.45, 2.75) is 18.9 Å². The first-order chi connectivity index (χ1) is 10.6. The van der Waals surface area contributed by atoms with E-state index in [9.17, 15) is 9.59 Å². The third-order valence-corrected chi connectivity index (χ3v) is 3.70. The van der Waals surface area contributed by atoms with Crippen LogP contribution >= 0.6 is 11.6 Å². The summed E-state index contributed by atoms with van der Waals surface area (Å²) in [7, 11) is 0. The van der Waals surface area contributed by atoms with E-state index in [1.165, 1.54) is 12.3 Å². The third-order valence-electron chi connectivity index (χ3n) is 3.37. The lowest BCUT2D eigenvalue weighted by atomic mass is 10.2. The molecule has 0 atom stereocenters. The van der Waals surface area contributed by atoms with E-state index in [2.05, 4.69) is 15.0 Å². The van der Waals surface area contributed by atoms with Gasteiger partial charge in [0.1, 0.15) is 12.8 Å². The Bertz CT molecular complexity index is 683. The quantitative estimate of drug-likeness (QED) is 0.919. The van der Waals surface area contributed by atoms with Gasteiger partial charge in [0.15, 0.2) is 5.82 Å². The molecule has 3 rings (SSSR count). The topological polar surface area (TPSA) is 75.4 Å². The van der Waals surface area contributed by atoms with Crippen LogP contribution in [0, 0.1) is 0 Å². The fourth-order valence-electron chi connectivity index (χ4n) is 2.16. The van der Waals surface area contributed by atoms with Crippen molar-refractivity contribution in [3.05, 3.63) is 47.2 Å². The van der Waals surface area contributed by atoms with Crippen LogP contribution in [0.3, 0.4) is 0 Å². The first-order valence-corrected chi connectivity index (χ1v) is 7.28. The molecule has 0 saturated heterocycles. The molecule has 1 aromatic carbocycles. The smallest absolute Gasteiger partial charge is 0.256 e. The zero-order valence-electron chi connectivity index (χ0n) is 11.7. The first kappa shape index (κ1) is 14.6. The van der Waals surface area contributed by atoms with Crippen LogP contribution in [-0.2, 0) is 4.79 Å². The SMILES string of the molecule is O=C(CN(C(=O)c1ccccc1Cl)C1CC1)Nc1ccon1. The number of hydrogen-bond donors (Lipinski definition) is 1. The summed E-state index contributed by atoms with van der Waals surface area (Å²) in [6.07, 6.45) is 3.16. The van der Waals surface area contributed by atoms with Gasteiger partial charge in [0.05, 0.1) is 10.6 Å². The lowest BCUT2D eigenvalue weighted by molar-refractivity contribution is -0.117. The molecule has 0 spiro atoms. The number of hydrogen-bond acceptors (Lipinski definition) is 4. The summed E-state index contributed by atoms with van der Waals surface area (Å²) in [6, 6.07) is 8.46. The molecule has 1 saturated carbocycles. The van der Waals surface area contributed by atoms with Crippen molar-refractivity contribution in [2.24, 2.45) is 0 Å². The average Bonchev–Trinajstić information content (AvgIpc) is 3.22. The molecule has 0 aliphatic heterocycles. The molecule has 1 aliphatic carbocycles. The molecule has 1 heterocycles. The largest absolute Gasteiger partial charge is 0.363 e. The van der Waals surface area contributed by atoms with Crippen LogP contribution in [-0.4, -0.2) is 34.5 Å². The van der Waals surface area contributed by atoms with Gasteiger partial charge in [-0.05, 0) is 25.0 Å². The first-order valence-electron chi connectivity index (χ1n) is 6.91. The monoisotopic (exact) mass is 319 g/mol. The fraction of sp³-hybridized carbons (Fsp3) is 0.267. The van der Waals surface area contributed by atoms with Crippen molar-refractivity contribution in [3.8, 4) is 0 Å². The Morgan fingerprint density at radius 1 is 1.32 bits per heavy atom. The second-order valence-electron chi connectivity index (χ2n) is 5.08. The highest BCUT2D eigenvalue weighted by Gasteiger charge is 2.35. The third kappa shape index (κ3) is 3.28. The molecule has 2 aromatic rings. The van der Waals surface area contributed by atoms with Gasteiger partial charge in [0.25, 0.3) is 5.91 Å². The van der Waals surface area contributed by atoms with Crippen LogP contribution < -0.4 is 5.32 Å². The molecular formula is C15H14ClN3O3. The minimum Gasteiger partial charge on any atom is -0.363 e. The number of nitrogens with zero attached hydrogens (tertiary/aromatic N) is 2. The number of carbonyl (C=O) groups excluding carboxylic acids is 2. The minimum absolute atomic E-state index is 0.0401. The predicted octanol–water partition coefficient (Wildman–Crippen LogP) is 2.57. The Labute approximate surface area is 132 Å². The number of nitrogens with one attached hydrogen (secondary N) is 1. The van der Waals surface area contributed by atoms with E-state index in [0.717, 1.165) is 12.8 Å². The molecular weight excluding hydrogens is 306 g/mol. The van der Waals surface area contributed by atoms with Crippen LogP contribution in [0.4, 0.5) is 5.82 Å². The highest BCUT2D eigenvalue weighted by molar-refractivity contribution is 6.33. The fourth-order valence-corrected chi connectivity index (χ4v) is 2.37. The van der Waals surface area contributed by atoms with Gasteiger partial charge >= 0.3 is 0 Å². The molecule has 0 radical (unpaired) electrons. The van der Waals surface area contributed by atoms with Gasteiger partial charge in [0, 0.05) is 12.1 Å². The zero-order chi connectivity index (χ0) is 15.5. The molecule has 1 aliphatic rings. The van der Waals surface area contributed by atoms with Gasteiger partial charge in [-0.25, -0.2) is 0 Å². The van der Waals surface area contributed by atoms with Gasteiger partial charge in [-0.2, -0.15) is 0 Å². The summed E-state index contributed by atoms with van der Waals surface area (Å²) >= 11 is 6.07. The number of amides is 2. The standard InChI is InChI=1S/C15H14ClN3O3/c16-12-4-2-1-3-11(12)15(21)19(10-5-6-10)9-14(20)17-13-7-8-22-18-13/h1-4,7-8,10H,5-6,9H2,(H,17,18,20). The molecule has 114 valence electrons. The molecule has 6 nitrogen and oxygen atoms in total. The van der Waals surface area contributed by atoms with Crippen molar-refractivity contribution in [1.82, 2.24) is 10.1 Å². The van der Waals surface area contributed by atoms with Crippen molar-refractivity contribution >= 4 is 29.2 Å². The zero-order valence-corrected chi connectivity index (χ0v) is 12.4. The molecule has 0 bridgehead atoms. The van der Waals surface area contributed by atoms with Crippen LogP contribution in [0.25, 0.3) is 0 Å². The van der Waals surface area contributed by atoms with E-state index < -0.39 is 0 Å². The molecule has 1 aromatic heterocycles. The summed E-state index contributed by atoms with van der Waals surface area (Å²) in [4.78, 5) is 26.2. The van der Waals surface area contributed by atoms with Crippen LogP contribution in [0.1, 0.15) is 23.2 Å². The Morgan fingerprint density at radius 2 is 2.09 bits per heavy atom. The maximum absolute atomic E-state index is 12.6. The second-order valence-corrected chi connectivity index (χ2v) is 5.48. The van der Waals surface area contributed by atoms with E-state index in [1.54, 1.807) is 29.2 Å². The maximum Gasteiger partial charge on any atom is 0.256 e. The van der Waals surface area contributed by atoms with Gasteiger partial charge in [-0.15, -0.1) is 0 Å². The predicted molar refractivity (Wildman–Crippen MR) is 80.6 cm³/mol. The van der Waals surface area contributed by atoms with Crippen molar-refractivity contribution in [1.29, 1.82) is 0 Å². The highest BCUT2D eigenvalue weighted by atomic mass is 35.5. The van der Waals surface area contributed by atoms with Gasteiger partial charge in [0.2, 0.25) is 5.91 Å². The van der Waals surface area contributed by atoms with Crippen LogP contribution in [0.2, 0.25) is 5.02 Å². The summed E-state index contributed by atoms with van der Waals surface area (Å²) in [6.45, 7) is -0.0401. The number of benzene rings is 1. The molecule has 1 fully saturated rings. The van der Waals surface area contributed by atoms with E-state index in [4.69, 9.17) is 11.6 Å². The minimum atomic E-state index is -0.318. The normalized spacial score (nSPS) is 13.7. The van der Waals surface area contributed by atoms with E-state index in [1.807, 2.05) is 0 Å². The van der Waals surface area contributed by atoms with Gasteiger partial charge in [-0.1, -0.05) is 28.9 Å². The molecule has 2 amide bonds. The Balaban J connectivity index is 1.72. The van der Waals surface area contributed by atoms with Gasteiger partial charge in [-0.3, -0.25) is 9.59 Å². The number of rotatable bonds is 5. The number of anilines is 1. The Morgan fingerprint density at radius 3 is 2.73 bits per heavy atom. The van der Waals surface area contributed by atoms with Crippen LogP contribution in [0.5, 0.6) is 0 Å². The molecule has 1 N–H and O–H groups in total. The van der Waals surface area contributed by atoms with Crippen molar-refractivity contribution in [3.63, 3.8) is 0 Å². The van der Waals surface area contributed by atoms with E-state index in [-0.39, 0.29) is 24.4 Å². The molecule has 7 heteroatoms.